The zero-order valence-electron chi connectivity index (χ0n) is 29.5. The van der Waals surface area contributed by atoms with Crippen LogP contribution >= 0.6 is 11.8 Å². The van der Waals surface area contributed by atoms with Crippen LogP contribution in [0.15, 0.2) is 17.7 Å². The molecule has 4 aliphatic carbocycles. The highest BCUT2D eigenvalue weighted by Crippen LogP contribution is 2.75. The lowest BCUT2D eigenvalue weighted by atomic mass is 9.34. The first-order valence-corrected chi connectivity index (χ1v) is 17.8. The fourth-order valence-electron chi connectivity index (χ4n) is 10.5. The maximum atomic E-state index is 12.3. The monoisotopic (exact) mass is 623 g/mol. The lowest BCUT2D eigenvalue weighted by Gasteiger charge is -2.70. The third kappa shape index (κ3) is 5.28. The molecule has 0 saturated heterocycles. The number of rotatable bonds is 6. The van der Waals surface area contributed by atoms with Gasteiger partial charge in [-0.1, -0.05) is 60.1 Å². The van der Waals surface area contributed by atoms with E-state index in [1.54, 1.807) is 5.57 Å². The molecule has 0 amide bonds. The summed E-state index contributed by atoms with van der Waals surface area (Å²) in [5.74, 6) is 0.591. The van der Waals surface area contributed by atoms with E-state index in [9.17, 15) is 9.59 Å². The fourth-order valence-corrected chi connectivity index (χ4v) is 11.8. The predicted molar refractivity (Wildman–Crippen MR) is 181 cm³/mol. The highest BCUT2D eigenvalue weighted by molar-refractivity contribution is 8.00. The Morgan fingerprint density at radius 1 is 0.955 bits per heavy atom. The molecule has 5 rings (SSSR count). The molecule has 7 atom stereocenters. The summed E-state index contributed by atoms with van der Waals surface area (Å²) in [5, 5.41) is 0.549. The number of fused-ring (bicyclic) bond motifs is 7. The molecule has 244 valence electrons. The Morgan fingerprint density at radius 2 is 1.59 bits per heavy atom. The van der Waals surface area contributed by atoms with Crippen molar-refractivity contribution in [3.05, 3.63) is 34.4 Å². The summed E-state index contributed by atoms with van der Waals surface area (Å²) >= 11 is 1.97. The van der Waals surface area contributed by atoms with E-state index in [2.05, 4.69) is 79.6 Å². The third-order valence-electron chi connectivity index (χ3n) is 12.7. The number of hydrogen-bond acceptors (Lipinski definition) is 6. The summed E-state index contributed by atoms with van der Waals surface area (Å²) < 4.78 is 11.5. The van der Waals surface area contributed by atoms with Crippen molar-refractivity contribution in [3.63, 3.8) is 0 Å². The van der Waals surface area contributed by atoms with Crippen LogP contribution in [0.3, 0.4) is 0 Å². The molecule has 1 aromatic carbocycles. The molecule has 0 N–H and O–H groups in total. The van der Waals surface area contributed by atoms with Crippen molar-refractivity contribution in [1.29, 1.82) is 0 Å². The normalized spacial score (nSPS) is 37.8. The van der Waals surface area contributed by atoms with Crippen LogP contribution in [-0.4, -0.2) is 42.7 Å². The van der Waals surface area contributed by atoms with Crippen LogP contribution in [0.4, 0.5) is 0 Å². The van der Waals surface area contributed by atoms with Gasteiger partial charge in [-0.2, -0.15) is 0 Å². The van der Waals surface area contributed by atoms with Crippen LogP contribution in [-0.2, 0) is 15.0 Å². The average Bonchev–Trinajstić information content (AvgIpc) is 2.89. The average molecular weight is 624 g/mol. The number of carbonyl (C=O) groups is 2. The van der Waals surface area contributed by atoms with Crippen LogP contribution in [0.5, 0.6) is 11.5 Å². The smallest absolute Gasteiger partial charge is 0.308 e. The zero-order valence-corrected chi connectivity index (χ0v) is 30.3. The van der Waals surface area contributed by atoms with Crippen molar-refractivity contribution in [3.8, 4) is 11.5 Å². The van der Waals surface area contributed by atoms with Gasteiger partial charge in [0.2, 0.25) is 0 Å². The van der Waals surface area contributed by atoms with Gasteiger partial charge < -0.3 is 14.4 Å². The van der Waals surface area contributed by atoms with Crippen LogP contribution in [0.1, 0.15) is 129 Å². The van der Waals surface area contributed by atoms with Gasteiger partial charge in [0.1, 0.15) is 0 Å². The molecule has 0 bridgehead atoms. The van der Waals surface area contributed by atoms with Gasteiger partial charge in [0.25, 0.3) is 0 Å². The van der Waals surface area contributed by atoms with E-state index in [0.717, 1.165) is 18.5 Å². The van der Waals surface area contributed by atoms with Gasteiger partial charge in [0.15, 0.2) is 11.5 Å². The number of benzene rings is 1. The molecule has 0 spiro atoms. The summed E-state index contributed by atoms with van der Waals surface area (Å²) in [7, 11) is 4.46. The van der Waals surface area contributed by atoms with E-state index in [4.69, 9.17) is 9.47 Å². The van der Waals surface area contributed by atoms with Crippen molar-refractivity contribution in [1.82, 2.24) is 4.90 Å². The van der Waals surface area contributed by atoms with Crippen LogP contribution in [0.2, 0.25) is 0 Å². The number of esters is 2. The summed E-state index contributed by atoms with van der Waals surface area (Å²) in [6.45, 7) is 23.4. The fraction of sp³-hybridized carbons (Fsp3) is 0.737. The third-order valence-corrected chi connectivity index (χ3v) is 14.0. The minimum absolute atomic E-state index is 0.0537. The molecule has 0 heterocycles. The van der Waals surface area contributed by atoms with Crippen molar-refractivity contribution < 1.29 is 19.1 Å². The lowest BCUT2D eigenvalue weighted by molar-refractivity contribution is -0.160. The molecule has 0 aliphatic heterocycles. The molecule has 0 radical (unpaired) electrons. The number of hydrogen-bond donors (Lipinski definition) is 0. The topological polar surface area (TPSA) is 55.8 Å². The number of nitrogens with zero attached hydrogens (tertiary/aromatic N) is 1. The highest BCUT2D eigenvalue weighted by atomic mass is 32.2. The molecule has 3 fully saturated rings. The second-order valence-corrected chi connectivity index (χ2v) is 18.4. The Hall–Kier alpha value is -1.79. The summed E-state index contributed by atoms with van der Waals surface area (Å²) in [6.07, 6.45) is 11.3. The summed E-state index contributed by atoms with van der Waals surface area (Å²) in [6, 6.07) is 2.05. The van der Waals surface area contributed by atoms with Crippen LogP contribution < -0.4 is 9.47 Å². The highest BCUT2D eigenvalue weighted by Gasteiger charge is 2.66. The van der Waals surface area contributed by atoms with Crippen molar-refractivity contribution in [2.45, 2.75) is 130 Å². The molecule has 3 saturated carbocycles. The Bertz CT molecular complexity index is 1380. The standard InChI is InChI=1S/C38H57NO4S/c1-23(2)44-29-20-30-36(8,27-19-28(42-25(4)40)33(43-26(5)41)24(3)32(27)29)16-18-38(10)31-21-34(6,22-39(11)12)13-14-35(31,7)15-17-37(30,38)9/h19-20,23,29,31H,13-18,21-22H2,1-12H3/t29?,31-,34-,35-,36+,37-,38+/m1/s1. The van der Waals surface area contributed by atoms with Crippen molar-refractivity contribution >= 4 is 23.7 Å². The first-order chi connectivity index (χ1) is 20.3. The maximum absolute atomic E-state index is 12.3. The van der Waals surface area contributed by atoms with Crippen molar-refractivity contribution in [2.75, 3.05) is 20.6 Å². The first-order valence-electron chi connectivity index (χ1n) is 16.9. The molecule has 1 aromatic rings. The van der Waals surface area contributed by atoms with E-state index < -0.39 is 11.9 Å². The van der Waals surface area contributed by atoms with Crippen molar-refractivity contribution in [2.24, 2.45) is 27.6 Å². The largest absolute Gasteiger partial charge is 0.423 e. The van der Waals surface area contributed by atoms with E-state index >= 15 is 0 Å². The van der Waals surface area contributed by atoms with Crippen LogP contribution in [0, 0.1) is 34.5 Å². The maximum Gasteiger partial charge on any atom is 0.308 e. The minimum atomic E-state index is -0.410. The Labute approximate surface area is 271 Å². The quantitative estimate of drug-likeness (QED) is 0.179. The molecule has 44 heavy (non-hydrogen) atoms. The van der Waals surface area contributed by atoms with Crippen LogP contribution in [0.25, 0.3) is 0 Å². The van der Waals surface area contributed by atoms with E-state index in [0.29, 0.717) is 33.5 Å². The number of thioether (sulfide) groups is 1. The molecular formula is C38H57NO4S. The second kappa shape index (κ2) is 11.2. The molecule has 1 unspecified atom stereocenters. The molecule has 5 nitrogen and oxygen atoms in total. The Balaban J connectivity index is 1.69. The molecule has 0 aromatic heterocycles. The Kier molecular flexibility index (Phi) is 8.53. The van der Waals surface area contributed by atoms with Gasteiger partial charge in [-0.25, -0.2) is 0 Å². The van der Waals surface area contributed by atoms with Gasteiger partial charge in [-0.3, -0.25) is 9.59 Å². The SMILES string of the molecule is CC(=O)Oc1cc2c(c(C)c1OC(C)=O)C(SC(C)C)C=C1[C@@]2(C)CC[C@@]2(C)[C@@H]3C[C@](C)(CN(C)C)CC[C@]3(C)CC[C@]12C. The summed E-state index contributed by atoms with van der Waals surface area (Å²) in [4.78, 5) is 26.9. The van der Waals surface area contributed by atoms with E-state index in [1.165, 1.54) is 63.5 Å². The predicted octanol–water partition coefficient (Wildman–Crippen LogP) is 9.20. The van der Waals surface area contributed by atoms with Gasteiger partial charge in [-0.15, -0.1) is 11.8 Å². The molecular weight excluding hydrogens is 566 g/mol. The minimum Gasteiger partial charge on any atom is -0.423 e. The Morgan fingerprint density at radius 3 is 2.18 bits per heavy atom. The lowest BCUT2D eigenvalue weighted by Crippen LogP contribution is -2.62. The number of allylic oxidation sites excluding steroid dienone is 1. The van der Waals surface area contributed by atoms with E-state index in [1.807, 2.05) is 18.7 Å². The number of ether oxygens (including phenoxy) is 2. The second-order valence-electron chi connectivity index (χ2n) is 16.7. The van der Waals surface area contributed by atoms with Gasteiger partial charge >= 0.3 is 11.9 Å². The number of carbonyl (C=O) groups excluding carboxylic acids is 2. The summed E-state index contributed by atoms with van der Waals surface area (Å²) in [5.41, 5.74) is 5.73. The van der Waals surface area contributed by atoms with Gasteiger partial charge in [-0.05, 0) is 116 Å². The first kappa shape index (κ1) is 33.6. The zero-order chi connectivity index (χ0) is 32.6. The van der Waals surface area contributed by atoms with E-state index in [-0.39, 0.29) is 21.5 Å². The molecule has 6 heteroatoms. The van der Waals surface area contributed by atoms with Gasteiger partial charge in [0.05, 0.1) is 0 Å². The molecule has 4 aliphatic rings. The van der Waals surface area contributed by atoms with Gasteiger partial charge in [0, 0.05) is 36.6 Å².